The summed E-state index contributed by atoms with van der Waals surface area (Å²) in [5, 5.41) is 8.69. The zero-order chi connectivity index (χ0) is 16.8. The van der Waals surface area contributed by atoms with E-state index in [2.05, 4.69) is 0 Å². The van der Waals surface area contributed by atoms with Gasteiger partial charge in [0, 0.05) is 5.92 Å². The van der Waals surface area contributed by atoms with Crippen LogP contribution in [0.15, 0.2) is 53.4 Å². The van der Waals surface area contributed by atoms with Crippen molar-refractivity contribution in [1.29, 1.82) is 0 Å². The van der Waals surface area contributed by atoms with E-state index in [1.807, 2.05) is 6.92 Å². The molecule has 2 aromatic rings. The fraction of sp³-hybridized carbons (Fsp3) is 0.294. The maximum atomic E-state index is 13.1. The molecule has 2 aromatic carbocycles. The molecule has 122 valence electrons. The summed E-state index contributed by atoms with van der Waals surface area (Å²) in [5.74, 6) is -0.960. The number of nitrogens with two attached hydrogens (primary N) is 1. The Morgan fingerprint density at radius 2 is 1.70 bits per heavy atom. The Balaban J connectivity index is 2.01. The Morgan fingerprint density at radius 1 is 1.13 bits per heavy atom. The van der Waals surface area contributed by atoms with Gasteiger partial charge in [0.05, 0.1) is 22.3 Å². The number of aliphatic hydroxyl groups is 1. The van der Waals surface area contributed by atoms with Crippen LogP contribution in [0.4, 0.5) is 4.39 Å². The first-order chi connectivity index (χ1) is 10.8. The summed E-state index contributed by atoms with van der Waals surface area (Å²) in [5.41, 5.74) is 6.46. The normalized spacial score (nSPS) is 27.0. The van der Waals surface area contributed by atoms with Gasteiger partial charge in [-0.1, -0.05) is 29.8 Å². The van der Waals surface area contributed by atoms with Crippen LogP contribution in [0.1, 0.15) is 17.0 Å². The number of aryl methyl sites for hydroxylation is 1. The van der Waals surface area contributed by atoms with Gasteiger partial charge in [0.1, 0.15) is 5.82 Å². The number of sulfone groups is 1. The molecule has 0 unspecified atom stereocenters. The molecule has 0 heterocycles. The third kappa shape index (κ3) is 2.56. The number of rotatable bonds is 4. The lowest BCUT2D eigenvalue weighted by atomic mass is 10.1. The van der Waals surface area contributed by atoms with Crippen molar-refractivity contribution >= 4 is 9.84 Å². The Morgan fingerprint density at radius 3 is 2.22 bits per heavy atom. The standard InChI is InChI=1S/C17H18FNO3S/c1-11-2-8-14(9-3-11)23(21,22)16-15(17(16,19)10-20)12-4-6-13(18)7-5-12/h2-9,15-16,20H,10,19H2,1H3/t15-,16-,17-/m1/s1. The Bertz CT molecular complexity index is 818. The van der Waals surface area contributed by atoms with Crippen molar-refractivity contribution in [2.45, 2.75) is 28.5 Å². The van der Waals surface area contributed by atoms with Crippen molar-refractivity contribution in [2.75, 3.05) is 6.61 Å². The Labute approximate surface area is 134 Å². The topological polar surface area (TPSA) is 80.4 Å². The highest BCUT2D eigenvalue weighted by atomic mass is 32.2. The zero-order valence-corrected chi connectivity index (χ0v) is 13.4. The van der Waals surface area contributed by atoms with E-state index in [0.29, 0.717) is 5.56 Å². The summed E-state index contributed by atoms with van der Waals surface area (Å²) >= 11 is 0. The maximum absolute atomic E-state index is 13.1. The van der Waals surface area contributed by atoms with E-state index in [9.17, 15) is 17.9 Å². The van der Waals surface area contributed by atoms with Gasteiger partial charge in [0.15, 0.2) is 9.84 Å². The fourth-order valence-electron chi connectivity index (χ4n) is 3.11. The molecule has 1 fully saturated rings. The number of halogens is 1. The van der Waals surface area contributed by atoms with Crippen molar-refractivity contribution in [2.24, 2.45) is 5.73 Å². The first kappa shape index (κ1) is 16.1. The monoisotopic (exact) mass is 335 g/mol. The second-order valence-corrected chi connectivity index (χ2v) is 8.15. The third-order valence-electron chi connectivity index (χ3n) is 4.49. The first-order valence-corrected chi connectivity index (χ1v) is 8.81. The largest absolute Gasteiger partial charge is 0.394 e. The molecule has 0 saturated heterocycles. The van der Waals surface area contributed by atoms with Crippen LogP contribution in [0.2, 0.25) is 0 Å². The van der Waals surface area contributed by atoms with Gasteiger partial charge in [-0.15, -0.1) is 0 Å². The van der Waals surface area contributed by atoms with Crippen LogP contribution in [0.3, 0.4) is 0 Å². The maximum Gasteiger partial charge on any atom is 0.183 e. The minimum Gasteiger partial charge on any atom is -0.394 e. The molecule has 6 heteroatoms. The average Bonchev–Trinajstić information content (AvgIpc) is 3.16. The predicted octanol–water partition coefficient (Wildman–Crippen LogP) is 1.76. The van der Waals surface area contributed by atoms with E-state index in [1.54, 1.807) is 24.3 Å². The molecule has 0 aromatic heterocycles. The molecular weight excluding hydrogens is 317 g/mol. The van der Waals surface area contributed by atoms with Crippen molar-refractivity contribution in [3.63, 3.8) is 0 Å². The molecule has 1 aliphatic carbocycles. The summed E-state index contributed by atoms with van der Waals surface area (Å²) in [4.78, 5) is 0.181. The lowest BCUT2D eigenvalue weighted by molar-refractivity contribution is 0.253. The molecule has 3 atom stereocenters. The summed E-state index contributed by atoms with van der Waals surface area (Å²) < 4.78 is 38.8. The number of benzene rings is 2. The molecular formula is C17H18FNO3S. The second kappa shape index (κ2) is 5.40. The van der Waals surface area contributed by atoms with Gasteiger partial charge in [-0.2, -0.15) is 0 Å². The van der Waals surface area contributed by atoms with Crippen molar-refractivity contribution in [1.82, 2.24) is 0 Å². The van der Waals surface area contributed by atoms with E-state index in [4.69, 9.17) is 5.73 Å². The molecule has 0 aliphatic heterocycles. The first-order valence-electron chi connectivity index (χ1n) is 7.26. The SMILES string of the molecule is Cc1ccc(S(=O)(=O)[C@@H]2[C@@H](c3ccc(F)cc3)[C@]2(N)CO)cc1. The van der Waals surface area contributed by atoms with E-state index in [-0.39, 0.29) is 4.90 Å². The van der Waals surface area contributed by atoms with Gasteiger partial charge in [-0.3, -0.25) is 0 Å². The third-order valence-corrected chi connectivity index (χ3v) is 6.80. The minimum absolute atomic E-state index is 0.181. The van der Waals surface area contributed by atoms with Crippen molar-refractivity contribution < 1.29 is 17.9 Å². The quantitative estimate of drug-likeness (QED) is 0.892. The summed E-state index contributed by atoms with van der Waals surface area (Å²) in [6, 6.07) is 12.1. The number of aliphatic hydroxyl groups excluding tert-OH is 1. The van der Waals surface area contributed by atoms with Crippen molar-refractivity contribution in [3.8, 4) is 0 Å². The molecule has 4 nitrogen and oxygen atoms in total. The Kier molecular flexibility index (Phi) is 3.78. The molecule has 1 aliphatic rings. The van der Waals surface area contributed by atoms with Gasteiger partial charge in [0.2, 0.25) is 0 Å². The van der Waals surface area contributed by atoms with E-state index < -0.39 is 39.0 Å². The van der Waals surface area contributed by atoms with Crippen LogP contribution in [-0.2, 0) is 9.84 Å². The number of hydrogen-bond donors (Lipinski definition) is 2. The van der Waals surface area contributed by atoms with Crippen LogP contribution >= 0.6 is 0 Å². The van der Waals surface area contributed by atoms with Crippen LogP contribution < -0.4 is 5.73 Å². The lowest BCUT2D eigenvalue weighted by Gasteiger charge is -2.08. The van der Waals surface area contributed by atoms with Gasteiger partial charge >= 0.3 is 0 Å². The smallest absolute Gasteiger partial charge is 0.183 e. The zero-order valence-electron chi connectivity index (χ0n) is 12.6. The molecule has 3 N–H and O–H groups in total. The fourth-order valence-corrected chi connectivity index (χ4v) is 5.41. The van der Waals surface area contributed by atoms with E-state index >= 15 is 0 Å². The van der Waals surface area contributed by atoms with Crippen LogP contribution in [0, 0.1) is 12.7 Å². The van der Waals surface area contributed by atoms with Crippen LogP contribution in [0.25, 0.3) is 0 Å². The highest BCUT2D eigenvalue weighted by molar-refractivity contribution is 7.92. The molecule has 0 amide bonds. The predicted molar refractivity (Wildman–Crippen MR) is 85.3 cm³/mol. The highest BCUT2D eigenvalue weighted by Gasteiger charge is 2.69. The molecule has 3 rings (SSSR count). The van der Waals surface area contributed by atoms with E-state index in [1.165, 1.54) is 24.3 Å². The minimum atomic E-state index is -3.69. The average molecular weight is 335 g/mol. The number of hydrogen-bond acceptors (Lipinski definition) is 4. The van der Waals surface area contributed by atoms with E-state index in [0.717, 1.165) is 5.56 Å². The second-order valence-electron chi connectivity index (χ2n) is 6.08. The molecule has 23 heavy (non-hydrogen) atoms. The van der Waals surface area contributed by atoms with Crippen molar-refractivity contribution in [3.05, 3.63) is 65.5 Å². The van der Waals surface area contributed by atoms with Crippen LogP contribution in [-0.4, -0.2) is 30.9 Å². The summed E-state index contributed by atoms with van der Waals surface area (Å²) in [6.07, 6.45) is 0. The summed E-state index contributed by atoms with van der Waals surface area (Å²) in [6.45, 7) is 1.42. The summed E-state index contributed by atoms with van der Waals surface area (Å²) in [7, 11) is -3.69. The van der Waals surface area contributed by atoms with Gasteiger partial charge in [-0.05, 0) is 36.8 Å². The molecule has 0 bridgehead atoms. The van der Waals surface area contributed by atoms with Gasteiger partial charge in [0.25, 0.3) is 0 Å². The van der Waals surface area contributed by atoms with Crippen LogP contribution in [0.5, 0.6) is 0 Å². The Hall–Kier alpha value is -1.76. The lowest BCUT2D eigenvalue weighted by Crippen LogP contribution is -2.35. The molecule has 0 spiro atoms. The van der Waals surface area contributed by atoms with Gasteiger partial charge in [-0.25, -0.2) is 12.8 Å². The molecule has 0 radical (unpaired) electrons. The molecule has 1 saturated carbocycles. The van der Waals surface area contributed by atoms with Gasteiger partial charge < -0.3 is 10.8 Å². The highest BCUT2D eigenvalue weighted by Crippen LogP contribution is 2.55.